The molecular weight excluding hydrogens is 489 g/mol. The molecule has 3 aromatic rings. The summed E-state index contributed by atoms with van der Waals surface area (Å²) in [5, 5.41) is 11.6. The molecule has 9 heteroatoms. The summed E-state index contributed by atoms with van der Waals surface area (Å²) in [6.45, 7) is 4.66. The molecule has 1 fully saturated rings. The van der Waals surface area contributed by atoms with Gasteiger partial charge in [-0.1, -0.05) is 31.5 Å². The van der Waals surface area contributed by atoms with E-state index in [4.69, 9.17) is 0 Å². The Morgan fingerprint density at radius 1 is 1.11 bits per heavy atom. The number of aromatic nitrogens is 1. The highest BCUT2D eigenvalue weighted by molar-refractivity contribution is 5.85. The molecule has 1 saturated heterocycles. The van der Waals surface area contributed by atoms with Crippen LogP contribution in [0, 0.1) is 17.6 Å². The highest BCUT2D eigenvalue weighted by atomic mass is 19.4. The van der Waals surface area contributed by atoms with Crippen molar-refractivity contribution in [1.82, 2.24) is 14.8 Å². The van der Waals surface area contributed by atoms with Gasteiger partial charge in [-0.25, -0.2) is 8.78 Å². The smallest absolute Gasteiger partial charge is 0.388 e. The number of fused-ring (bicyclic) bond motifs is 3. The summed E-state index contributed by atoms with van der Waals surface area (Å²) < 4.78 is 72.2. The molecule has 0 amide bonds. The topological polar surface area (TPSA) is 42.5 Å². The Morgan fingerprint density at radius 3 is 2.43 bits per heavy atom. The molecule has 0 radical (unpaired) electrons. The minimum atomic E-state index is -4.55. The maximum Gasteiger partial charge on any atom is 0.401 e. The number of benzene rings is 2. The fourth-order valence-electron chi connectivity index (χ4n) is 5.95. The van der Waals surface area contributed by atoms with E-state index in [0.29, 0.717) is 30.7 Å². The van der Waals surface area contributed by atoms with Gasteiger partial charge in [-0.05, 0) is 55.6 Å². The predicted octanol–water partition coefficient (Wildman–Crippen LogP) is 6.11. The highest BCUT2D eigenvalue weighted by Crippen LogP contribution is 2.44. The number of rotatable bonds is 7. The predicted molar refractivity (Wildman–Crippen MR) is 132 cm³/mol. The Kier molecular flexibility index (Phi) is 7.06. The third-order valence-electron chi connectivity index (χ3n) is 7.86. The summed E-state index contributed by atoms with van der Waals surface area (Å²) in [4.78, 5) is 6.46. The Bertz CT molecular complexity index is 1240. The summed E-state index contributed by atoms with van der Waals surface area (Å²) >= 11 is 0. The minimum absolute atomic E-state index is 0.113. The van der Waals surface area contributed by atoms with Crippen LogP contribution in [0.15, 0.2) is 36.4 Å². The van der Waals surface area contributed by atoms with Crippen LogP contribution < -0.4 is 0 Å². The number of alkyl halides is 3. The van der Waals surface area contributed by atoms with Gasteiger partial charge in [-0.2, -0.15) is 13.2 Å². The lowest BCUT2D eigenvalue weighted by Crippen LogP contribution is -2.49. The average molecular weight is 522 g/mol. The van der Waals surface area contributed by atoms with E-state index < -0.39 is 48.1 Å². The zero-order valence-corrected chi connectivity index (χ0v) is 21.0. The number of nitrogens with zero attached hydrogens (tertiary/aromatic N) is 2. The van der Waals surface area contributed by atoms with Gasteiger partial charge >= 0.3 is 6.18 Å². The molecule has 3 heterocycles. The lowest BCUT2D eigenvalue weighted by molar-refractivity contribution is -0.155. The molecule has 37 heavy (non-hydrogen) atoms. The second kappa shape index (κ2) is 10.0. The molecule has 0 aliphatic carbocycles. The number of aliphatic hydroxyl groups is 1. The molecule has 4 nitrogen and oxygen atoms in total. The van der Waals surface area contributed by atoms with Gasteiger partial charge in [0.2, 0.25) is 0 Å². The van der Waals surface area contributed by atoms with Crippen molar-refractivity contribution >= 4 is 10.9 Å². The zero-order chi connectivity index (χ0) is 26.5. The van der Waals surface area contributed by atoms with Crippen molar-refractivity contribution in [1.29, 1.82) is 0 Å². The SMILES string of the molecule is CCCCN1CC([C@@H](O)c2cc(F)c([C@@H]3c4[nH]c5ccccc5c4C[C@@H](C)N3CC(F)(F)F)c(F)c2)C1. The first-order chi connectivity index (χ1) is 17.6. The number of H-pyrrole nitrogens is 1. The van der Waals surface area contributed by atoms with Crippen LogP contribution in [0.25, 0.3) is 10.9 Å². The molecule has 5 rings (SSSR count). The first-order valence-electron chi connectivity index (χ1n) is 12.9. The lowest BCUT2D eigenvalue weighted by atomic mass is 9.85. The van der Waals surface area contributed by atoms with Gasteiger partial charge in [0.25, 0.3) is 0 Å². The van der Waals surface area contributed by atoms with Crippen LogP contribution in [0.5, 0.6) is 0 Å². The van der Waals surface area contributed by atoms with E-state index in [2.05, 4.69) is 16.8 Å². The van der Waals surface area contributed by atoms with E-state index in [0.717, 1.165) is 47.4 Å². The second-order valence-electron chi connectivity index (χ2n) is 10.5. The number of unbranched alkanes of at least 4 members (excludes halogenated alkanes) is 1. The largest absolute Gasteiger partial charge is 0.401 e. The van der Waals surface area contributed by atoms with Crippen LogP contribution in [-0.2, 0) is 6.42 Å². The summed E-state index contributed by atoms with van der Waals surface area (Å²) in [6, 6.07) is 7.59. The molecule has 3 atom stereocenters. The molecule has 2 aliphatic heterocycles. The lowest BCUT2D eigenvalue weighted by Gasteiger charge is -2.42. The number of para-hydroxylation sites is 1. The third kappa shape index (κ3) is 5.01. The van der Waals surface area contributed by atoms with Crippen molar-refractivity contribution in [3.05, 3.63) is 70.4 Å². The molecule has 0 unspecified atom stereocenters. The van der Waals surface area contributed by atoms with Crippen molar-refractivity contribution in [2.24, 2.45) is 5.92 Å². The number of hydrogen-bond donors (Lipinski definition) is 2. The second-order valence-corrected chi connectivity index (χ2v) is 10.5. The standard InChI is InChI=1S/C28H32F5N3O/c1-3-4-9-35-13-18(14-35)27(37)17-11-21(29)24(22(30)12-17)26-25-20(19-7-5-6-8-23(19)34-25)10-16(2)36(26)15-28(31,32)33/h5-8,11-12,16,18,26-27,34,37H,3-4,9-10,13-15H2,1-2H3/t16-,26-,27+/m1/s1. The van der Waals surface area contributed by atoms with Crippen molar-refractivity contribution in [2.45, 2.75) is 57.5 Å². The number of aromatic amines is 1. The number of nitrogens with one attached hydrogen (secondary N) is 1. The molecule has 0 bridgehead atoms. The van der Waals surface area contributed by atoms with Crippen LogP contribution in [0.3, 0.4) is 0 Å². The summed E-state index contributed by atoms with van der Waals surface area (Å²) in [6.07, 6.45) is -3.17. The van der Waals surface area contributed by atoms with Gasteiger partial charge < -0.3 is 15.0 Å². The van der Waals surface area contributed by atoms with Gasteiger partial charge in [0.05, 0.1) is 18.7 Å². The van der Waals surface area contributed by atoms with E-state index >= 15 is 8.78 Å². The zero-order valence-electron chi connectivity index (χ0n) is 21.0. The molecule has 200 valence electrons. The molecule has 2 aromatic carbocycles. The van der Waals surface area contributed by atoms with Crippen molar-refractivity contribution in [3.8, 4) is 0 Å². The minimum Gasteiger partial charge on any atom is -0.388 e. The van der Waals surface area contributed by atoms with Crippen LogP contribution in [0.1, 0.15) is 61.2 Å². The number of hydrogen-bond acceptors (Lipinski definition) is 3. The molecule has 0 spiro atoms. The van der Waals surface area contributed by atoms with Crippen LogP contribution in [0.4, 0.5) is 22.0 Å². The summed E-state index contributed by atoms with van der Waals surface area (Å²) in [5.41, 5.74) is 1.54. The molecular formula is C28H32F5N3O. The quantitative estimate of drug-likeness (QED) is 0.369. The van der Waals surface area contributed by atoms with E-state index in [1.54, 1.807) is 19.1 Å². The molecule has 2 N–H and O–H groups in total. The fourth-order valence-corrected chi connectivity index (χ4v) is 5.95. The fraction of sp³-hybridized carbons (Fsp3) is 0.500. The van der Waals surface area contributed by atoms with Crippen LogP contribution in [-0.4, -0.2) is 58.3 Å². The van der Waals surface area contributed by atoms with E-state index in [9.17, 15) is 18.3 Å². The molecule has 2 aliphatic rings. The number of aliphatic hydroxyl groups excluding tert-OH is 1. The Hall–Kier alpha value is -2.49. The van der Waals surface area contributed by atoms with Crippen molar-refractivity contribution < 1.29 is 27.1 Å². The van der Waals surface area contributed by atoms with Crippen molar-refractivity contribution in [2.75, 3.05) is 26.2 Å². The summed E-state index contributed by atoms with van der Waals surface area (Å²) in [5.74, 6) is -2.04. The Morgan fingerprint density at radius 2 is 1.78 bits per heavy atom. The third-order valence-corrected chi connectivity index (χ3v) is 7.86. The van der Waals surface area contributed by atoms with E-state index in [-0.39, 0.29) is 11.5 Å². The Labute approximate surface area is 213 Å². The van der Waals surface area contributed by atoms with Crippen LogP contribution >= 0.6 is 0 Å². The van der Waals surface area contributed by atoms with Gasteiger partial charge in [0.15, 0.2) is 0 Å². The first-order valence-corrected chi connectivity index (χ1v) is 12.9. The maximum absolute atomic E-state index is 15.7. The number of likely N-dealkylation sites (tertiary alicyclic amines) is 1. The van der Waals surface area contributed by atoms with E-state index in [1.807, 2.05) is 12.1 Å². The van der Waals surface area contributed by atoms with Gasteiger partial charge in [-0.3, -0.25) is 4.90 Å². The van der Waals surface area contributed by atoms with Gasteiger partial charge in [0, 0.05) is 47.2 Å². The highest BCUT2D eigenvalue weighted by Gasteiger charge is 2.44. The molecule has 1 aromatic heterocycles. The number of halogens is 5. The monoisotopic (exact) mass is 521 g/mol. The van der Waals surface area contributed by atoms with E-state index in [1.165, 1.54) is 0 Å². The summed E-state index contributed by atoms with van der Waals surface area (Å²) in [7, 11) is 0. The first kappa shape index (κ1) is 26.1. The molecule has 0 saturated carbocycles. The van der Waals surface area contributed by atoms with Crippen molar-refractivity contribution in [3.63, 3.8) is 0 Å². The average Bonchev–Trinajstić information content (AvgIpc) is 3.16. The van der Waals surface area contributed by atoms with Crippen LogP contribution in [0.2, 0.25) is 0 Å². The normalized spacial score (nSPS) is 22.3. The Balaban J connectivity index is 1.52. The van der Waals surface area contributed by atoms with Gasteiger partial charge in [0.1, 0.15) is 11.6 Å². The maximum atomic E-state index is 15.7. The van der Waals surface area contributed by atoms with Gasteiger partial charge in [-0.15, -0.1) is 0 Å².